The number of hydrogen-bond donors (Lipinski definition) is 2. The summed E-state index contributed by atoms with van der Waals surface area (Å²) >= 11 is 2.00. The summed E-state index contributed by atoms with van der Waals surface area (Å²) in [5.74, 6) is 8.16. The molecule has 3 N–H and O–H groups in total. The highest BCUT2D eigenvalue weighted by Crippen LogP contribution is 2.43. The highest BCUT2D eigenvalue weighted by atomic mass is 32.2. The minimum absolute atomic E-state index is 0.0172. The zero-order chi connectivity index (χ0) is 14.7. The van der Waals surface area contributed by atoms with Crippen LogP contribution < -0.4 is 11.3 Å². The van der Waals surface area contributed by atoms with Crippen LogP contribution in [0.2, 0.25) is 0 Å². The van der Waals surface area contributed by atoms with Crippen LogP contribution in [-0.4, -0.2) is 28.7 Å². The van der Waals surface area contributed by atoms with Gasteiger partial charge in [0.25, 0.3) is 0 Å². The van der Waals surface area contributed by atoms with Crippen molar-refractivity contribution in [1.29, 1.82) is 0 Å². The molecule has 1 aromatic heterocycles. The Morgan fingerprint density at radius 2 is 2.24 bits per heavy atom. The van der Waals surface area contributed by atoms with Crippen LogP contribution in [0.3, 0.4) is 0 Å². The van der Waals surface area contributed by atoms with E-state index in [1.54, 1.807) is 6.07 Å². The van der Waals surface area contributed by atoms with Crippen molar-refractivity contribution < 1.29 is 9.13 Å². The molecular formula is C15H22FN3OS. The smallest absolute Gasteiger partial charge is 0.141 e. The second-order valence-electron chi connectivity index (χ2n) is 5.94. The minimum atomic E-state index is -0.317. The van der Waals surface area contributed by atoms with E-state index >= 15 is 0 Å². The maximum atomic E-state index is 13.0. The molecule has 1 aromatic rings. The predicted molar refractivity (Wildman–Crippen MR) is 82.2 cm³/mol. The summed E-state index contributed by atoms with van der Waals surface area (Å²) in [6, 6.07) is 3.12. The molecule has 2 aliphatic rings. The third-order valence-corrected chi connectivity index (χ3v) is 5.64. The van der Waals surface area contributed by atoms with E-state index in [0.29, 0.717) is 5.92 Å². The molecule has 21 heavy (non-hydrogen) atoms. The molecular weight excluding hydrogens is 289 g/mol. The molecule has 0 bridgehead atoms. The first-order chi connectivity index (χ1) is 10.2. The van der Waals surface area contributed by atoms with Crippen molar-refractivity contribution in [2.75, 3.05) is 18.1 Å². The van der Waals surface area contributed by atoms with Gasteiger partial charge in [-0.15, -0.1) is 0 Å². The fourth-order valence-electron chi connectivity index (χ4n) is 3.48. The number of nitrogens with zero attached hydrogens (tertiary/aromatic N) is 1. The maximum absolute atomic E-state index is 13.0. The Kier molecular flexibility index (Phi) is 4.78. The summed E-state index contributed by atoms with van der Waals surface area (Å²) in [6.45, 7) is 0.773. The summed E-state index contributed by atoms with van der Waals surface area (Å²) in [4.78, 5) is 4.20. The monoisotopic (exact) mass is 311 g/mol. The van der Waals surface area contributed by atoms with E-state index in [2.05, 4.69) is 10.4 Å². The minimum Gasteiger partial charge on any atom is -0.375 e. The maximum Gasteiger partial charge on any atom is 0.141 e. The average Bonchev–Trinajstić information content (AvgIpc) is 2.51. The first-order valence-corrected chi connectivity index (χ1v) is 8.67. The Balaban J connectivity index is 1.75. The Morgan fingerprint density at radius 1 is 1.43 bits per heavy atom. The van der Waals surface area contributed by atoms with Crippen LogP contribution in [0.4, 0.5) is 4.39 Å². The van der Waals surface area contributed by atoms with E-state index in [1.807, 2.05) is 11.8 Å². The van der Waals surface area contributed by atoms with Gasteiger partial charge in [-0.1, -0.05) is 0 Å². The van der Waals surface area contributed by atoms with Gasteiger partial charge in [0.15, 0.2) is 0 Å². The molecule has 0 radical (unpaired) electrons. The van der Waals surface area contributed by atoms with Gasteiger partial charge < -0.3 is 4.74 Å². The number of hydrazine groups is 1. The van der Waals surface area contributed by atoms with Crippen molar-refractivity contribution in [3.05, 3.63) is 29.8 Å². The molecule has 3 heterocycles. The van der Waals surface area contributed by atoms with Crippen molar-refractivity contribution in [1.82, 2.24) is 10.4 Å². The van der Waals surface area contributed by atoms with E-state index in [1.165, 1.54) is 23.8 Å². The van der Waals surface area contributed by atoms with Crippen LogP contribution in [0.1, 0.15) is 37.4 Å². The number of nitrogens with two attached hydrogens (primary N) is 1. The van der Waals surface area contributed by atoms with E-state index in [0.717, 1.165) is 38.0 Å². The van der Waals surface area contributed by atoms with Crippen molar-refractivity contribution in [3.63, 3.8) is 0 Å². The zero-order valence-electron chi connectivity index (χ0n) is 12.1. The zero-order valence-corrected chi connectivity index (χ0v) is 12.9. The lowest BCUT2D eigenvalue weighted by Crippen LogP contribution is -2.46. The lowest BCUT2D eigenvalue weighted by molar-refractivity contribution is -0.107. The van der Waals surface area contributed by atoms with Crippen LogP contribution in [0, 0.1) is 11.7 Å². The molecule has 1 spiro atoms. The molecule has 0 amide bonds. The number of rotatable bonds is 3. The van der Waals surface area contributed by atoms with E-state index in [9.17, 15) is 4.39 Å². The van der Waals surface area contributed by atoms with E-state index in [-0.39, 0.29) is 17.5 Å². The van der Waals surface area contributed by atoms with Crippen LogP contribution in [0.15, 0.2) is 18.3 Å². The lowest BCUT2D eigenvalue weighted by Gasteiger charge is -2.45. The van der Waals surface area contributed by atoms with Gasteiger partial charge in [0, 0.05) is 6.61 Å². The number of thioether (sulfide) groups is 1. The summed E-state index contributed by atoms with van der Waals surface area (Å²) in [5, 5.41) is 0. The van der Waals surface area contributed by atoms with Crippen molar-refractivity contribution in [3.8, 4) is 0 Å². The third kappa shape index (κ3) is 3.39. The molecule has 0 aromatic carbocycles. The molecule has 116 valence electrons. The van der Waals surface area contributed by atoms with Gasteiger partial charge >= 0.3 is 0 Å². The number of ether oxygens (including phenoxy) is 1. The number of pyridine rings is 1. The number of aromatic nitrogens is 1. The van der Waals surface area contributed by atoms with Crippen molar-refractivity contribution in [2.45, 2.75) is 37.3 Å². The summed E-state index contributed by atoms with van der Waals surface area (Å²) in [7, 11) is 0. The van der Waals surface area contributed by atoms with E-state index in [4.69, 9.17) is 10.6 Å². The average molecular weight is 311 g/mol. The van der Waals surface area contributed by atoms with Crippen molar-refractivity contribution >= 4 is 11.8 Å². The lowest BCUT2D eigenvalue weighted by atomic mass is 9.78. The Hall–Kier alpha value is -0.690. The van der Waals surface area contributed by atoms with Gasteiger partial charge in [-0.2, -0.15) is 11.8 Å². The fourth-order valence-corrected chi connectivity index (χ4v) is 4.71. The van der Waals surface area contributed by atoms with Gasteiger partial charge in [0.1, 0.15) is 5.82 Å². The molecule has 2 atom stereocenters. The predicted octanol–water partition coefficient (Wildman–Crippen LogP) is 2.42. The summed E-state index contributed by atoms with van der Waals surface area (Å²) in [5.41, 5.74) is 3.71. The molecule has 3 rings (SSSR count). The molecule has 2 saturated heterocycles. The van der Waals surface area contributed by atoms with Gasteiger partial charge in [-0.3, -0.25) is 16.3 Å². The SMILES string of the molecule is NNC(c1ccc(F)cn1)C1CCOC2(CCSCC2)C1. The molecule has 2 unspecified atom stereocenters. The number of halogens is 1. The molecule has 0 saturated carbocycles. The van der Waals surface area contributed by atoms with Crippen LogP contribution in [-0.2, 0) is 4.74 Å². The molecule has 0 aliphatic carbocycles. The Bertz CT molecular complexity index is 459. The fraction of sp³-hybridized carbons (Fsp3) is 0.667. The summed E-state index contributed by atoms with van der Waals surface area (Å²) < 4.78 is 19.2. The van der Waals surface area contributed by atoms with Gasteiger partial charge in [-0.25, -0.2) is 4.39 Å². The molecule has 2 fully saturated rings. The molecule has 6 heteroatoms. The molecule has 2 aliphatic heterocycles. The van der Waals surface area contributed by atoms with Crippen LogP contribution in [0.25, 0.3) is 0 Å². The third-order valence-electron chi connectivity index (χ3n) is 4.65. The largest absolute Gasteiger partial charge is 0.375 e. The van der Waals surface area contributed by atoms with E-state index < -0.39 is 0 Å². The number of nitrogens with one attached hydrogen (secondary N) is 1. The van der Waals surface area contributed by atoms with Crippen LogP contribution in [0.5, 0.6) is 0 Å². The quantitative estimate of drug-likeness (QED) is 0.663. The van der Waals surface area contributed by atoms with Crippen molar-refractivity contribution in [2.24, 2.45) is 11.8 Å². The highest BCUT2D eigenvalue weighted by molar-refractivity contribution is 7.99. The van der Waals surface area contributed by atoms with Crippen LogP contribution >= 0.6 is 11.8 Å². The Morgan fingerprint density at radius 3 is 2.90 bits per heavy atom. The Labute approximate surface area is 129 Å². The standard InChI is InChI=1S/C15H22FN3OS/c16-12-1-2-13(18-10-12)14(19-17)11-3-6-20-15(9-11)4-7-21-8-5-15/h1-2,10-11,14,19H,3-9,17H2. The van der Waals surface area contributed by atoms with Gasteiger partial charge in [0.05, 0.1) is 23.5 Å². The summed E-state index contributed by atoms with van der Waals surface area (Å²) in [6.07, 6.45) is 5.45. The molecule has 4 nitrogen and oxygen atoms in total. The van der Waals surface area contributed by atoms with Gasteiger partial charge in [0.2, 0.25) is 0 Å². The number of hydrogen-bond acceptors (Lipinski definition) is 5. The normalized spacial score (nSPS) is 26.7. The first kappa shape index (κ1) is 15.2. The first-order valence-electron chi connectivity index (χ1n) is 7.52. The highest BCUT2D eigenvalue weighted by Gasteiger charge is 2.41. The van der Waals surface area contributed by atoms with Gasteiger partial charge in [-0.05, 0) is 55.2 Å². The second kappa shape index (κ2) is 6.60. The topological polar surface area (TPSA) is 60.2 Å². The second-order valence-corrected chi connectivity index (χ2v) is 7.17.